The Morgan fingerprint density at radius 2 is 2.00 bits per heavy atom. The van der Waals surface area contributed by atoms with Crippen LogP contribution < -0.4 is 10.1 Å². The first-order valence-corrected chi connectivity index (χ1v) is 10.3. The molecule has 0 bridgehead atoms. The minimum Gasteiger partial charge on any atom is -0.484 e. The minimum absolute atomic E-state index is 0.260. The van der Waals surface area contributed by atoms with Crippen molar-refractivity contribution >= 4 is 32.7 Å². The van der Waals surface area contributed by atoms with Crippen LogP contribution in [0.4, 0.5) is 10.1 Å². The van der Waals surface area contributed by atoms with Gasteiger partial charge in [0.1, 0.15) is 17.7 Å². The van der Waals surface area contributed by atoms with Crippen LogP contribution in [-0.4, -0.2) is 6.21 Å². The Kier molecular flexibility index (Phi) is 7.24. The fourth-order valence-electron chi connectivity index (χ4n) is 3.00. The van der Waals surface area contributed by atoms with E-state index in [1.54, 1.807) is 24.3 Å². The highest BCUT2D eigenvalue weighted by atomic mass is 35.5. The fraction of sp³-hybridized carbons (Fsp3) is 0.174. The highest BCUT2D eigenvalue weighted by Crippen LogP contribution is 2.35. The molecule has 0 aromatic heterocycles. The lowest BCUT2D eigenvalue weighted by Crippen LogP contribution is -2.08. The summed E-state index contributed by atoms with van der Waals surface area (Å²) in [4.78, 5) is 0. The van der Waals surface area contributed by atoms with E-state index < -0.39 is 0 Å². The van der Waals surface area contributed by atoms with Crippen LogP contribution in [-0.2, 0) is 0 Å². The van der Waals surface area contributed by atoms with Gasteiger partial charge in [0.05, 0.1) is 5.02 Å². The molecule has 3 nitrogen and oxygen atoms in total. The average molecular weight is 429 g/mol. The maximum absolute atomic E-state index is 13.2. The molecule has 150 valence electrons. The molecular weight excluding hydrogens is 406 g/mol. The lowest BCUT2D eigenvalue weighted by Gasteiger charge is -2.20. The number of hydrogen-bond donors (Lipinski definition) is 2. The molecule has 1 aliphatic carbocycles. The first-order chi connectivity index (χ1) is 14.0. The topological polar surface area (TPSA) is 45.1 Å². The van der Waals surface area contributed by atoms with E-state index in [9.17, 15) is 4.39 Å². The molecule has 2 aromatic carbocycles. The number of hydrogen-bond acceptors (Lipinski definition) is 3. The molecule has 2 atom stereocenters. The number of anilines is 1. The summed E-state index contributed by atoms with van der Waals surface area (Å²) < 4.78 is 19.3. The second-order valence-electron chi connectivity index (χ2n) is 6.64. The number of nitrogens with one attached hydrogen (secondary N) is 2. The van der Waals surface area contributed by atoms with Crippen molar-refractivity contribution in [3.63, 3.8) is 0 Å². The predicted octanol–water partition coefficient (Wildman–Crippen LogP) is 7.02. The molecule has 1 aliphatic rings. The molecule has 0 spiro atoms. The number of rotatable bonds is 7. The standard InChI is InChI=1S/C23H23ClFN2OP/c1-2-22(15-6-8-17(25)9-7-15)28-23-12-16(14-26)21(13-20(23)24)27-18-4-3-5-19(29)11-10-18/h4-14,22,26-27H,2-3,29H2,1H3/t22-/m0/s1. The van der Waals surface area contributed by atoms with Gasteiger partial charge >= 0.3 is 0 Å². The van der Waals surface area contributed by atoms with Crippen molar-refractivity contribution in [2.75, 3.05) is 5.32 Å². The SMILES string of the molecule is CC[C@H](Oc1cc(C=N)c(NC2=CCC=C(P)C=C2)cc1Cl)c1ccc(F)cc1. The monoisotopic (exact) mass is 428 g/mol. The second kappa shape index (κ2) is 9.87. The van der Waals surface area contributed by atoms with Gasteiger partial charge in [0.15, 0.2) is 0 Å². The van der Waals surface area contributed by atoms with E-state index in [2.05, 4.69) is 26.7 Å². The molecule has 0 saturated carbocycles. The van der Waals surface area contributed by atoms with E-state index in [0.29, 0.717) is 22.8 Å². The third kappa shape index (κ3) is 5.56. The van der Waals surface area contributed by atoms with E-state index in [1.165, 1.54) is 18.3 Å². The molecule has 6 heteroatoms. The van der Waals surface area contributed by atoms with E-state index >= 15 is 0 Å². The number of halogens is 2. The highest BCUT2D eigenvalue weighted by Gasteiger charge is 2.16. The van der Waals surface area contributed by atoms with Crippen LogP contribution in [0.2, 0.25) is 5.02 Å². The summed E-state index contributed by atoms with van der Waals surface area (Å²) in [5.74, 6) is 0.209. The van der Waals surface area contributed by atoms with Gasteiger partial charge in [0, 0.05) is 23.2 Å². The van der Waals surface area contributed by atoms with Crippen LogP contribution in [0.25, 0.3) is 0 Å². The van der Waals surface area contributed by atoms with Gasteiger partial charge in [-0.05, 0) is 54.1 Å². The summed E-state index contributed by atoms with van der Waals surface area (Å²) >= 11 is 6.49. The van der Waals surface area contributed by atoms with Crippen LogP contribution in [0.3, 0.4) is 0 Å². The summed E-state index contributed by atoms with van der Waals surface area (Å²) in [6.07, 6.45) is 10.7. The van der Waals surface area contributed by atoms with Crippen molar-refractivity contribution in [1.29, 1.82) is 5.41 Å². The van der Waals surface area contributed by atoms with Crippen LogP contribution >= 0.6 is 20.8 Å². The molecule has 2 aromatic rings. The van der Waals surface area contributed by atoms with Gasteiger partial charge < -0.3 is 15.5 Å². The van der Waals surface area contributed by atoms with Gasteiger partial charge in [0.2, 0.25) is 0 Å². The number of ether oxygens (including phenoxy) is 1. The van der Waals surface area contributed by atoms with Crippen molar-refractivity contribution in [2.45, 2.75) is 25.9 Å². The Hall–Kier alpha value is -2.42. The Morgan fingerprint density at radius 3 is 2.69 bits per heavy atom. The average Bonchev–Trinajstić information content (AvgIpc) is 2.92. The normalized spacial score (nSPS) is 14.5. The van der Waals surface area contributed by atoms with Gasteiger partial charge in [-0.15, -0.1) is 9.24 Å². The maximum atomic E-state index is 13.2. The molecule has 0 amide bonds. The van der Waals surface area contributed by atoms with Gasteiger partial charge in [0.25, 0.3) is 0 Å². The fourth-order valence-corrected chi connectivity index (χ4v) is 3.44. The Morgan fingerprint density at radius 1 is 1.24 bits per heavy atom. The molecule has 0 saturated heterocycles. The Balaban J connectivity index is 1.84. The molecular formula is C23H23ClFN2OP. The molecule has 0 aliphatic heterocycles. The first-order valence-electron chi connectivity index (χ1n) is 9.37. The van der Waals surface area contributed by atoms with Crippen molar-refractivity contribution < 1.29 is 9.13 Å². The minimum atomic E-state index is -0.283. The summed E-state index contributed by atoms with van der Waals surface area (Å²) in [5, 5.41) is 12.7. The molecule has 0 heterocycles. The summed E-state index contributed by atoms with van der Waals surface area (Å²) in [6, 6.07) is 9.78. The van der Waals surface area contributed by atoms with Crippen molar-refractivity contribution in [2.24, 2.45) is 0 Å². The predicted molar refractivity (Wildman–Crippen MR) is 123 cm³/mol. The Labute approximate surface area is 178 Å². The molecule has 1 unspecified atom stereocenters. The van der Waals surface area contributed by atoms with Gasteiger partial charge in [-0.3, -0.25) is 0 Å². The van der Waals surface area contributed by atoms with Gasteiger partial charge in [-0.2, -0.15) is 0 Å². The quantitative estimate of drug-likeness (QED) is 0.367. The van der Waals surface area contributed by atoms with Crippen LogP contribution in [0.5, 0.6) is 5.75 Å². The lowest BCUT2D eigenvalue weighted by molar-refractivity contribution is 0.201. The third-order valence-electron chi connectivity index (χ3n) is 4.57. The van der Waals surface area contributed by atoms with Crippen LogP contribution in [0.1, 0.15) is 37.0 Å². The van der Waals surface area contributed by atoms with E-state index in [1.807, 2.05) is 19.1 Å². The third-order valence-corrected chi connectivity index (χ3v) is 5.29. The summed E-state index contributed by atoms with van der Waals surface area (Å²) in [6.45, 7) is 1.99. The maximum Gasteiger partial charge on any atom is 0.139 e. The zero-order valence-electron chi connectivity index (χ0n) is 16.1. The zero-order chi connectivity index (χ0) is 20.8. The smallest absolute Gasteiger partial charge is 0.139 e. The molecule has 29 heavy (non-hydrogen) atoms. The van der Waals surface area contributed by atoms with Crippen LogP contribution in [0, 0.1) is 11.2 Å². The summed E-state index contributed by atoms with van der Waals surface area (Å²) in [7, 11) is 2.69. The van der Waals surface area contributed by atoms with Crippen molar-refractivity contribution in [3.05, 3.63) is 93.7 Å². The number of benzene rings is 2. The summed E-state index contributed by atoms with van der Waals surface area (Å²) in [5.41, 5.74) is 3.20. The van der Waals surface area contributed by atoms with E-state index in [4.69, 9.17) is 21.7 Å². The van der Waals surface area contributed by atoms with Gasteiger partial charge in [-0.25, -0.2) is 4.39 Å². The van der Waals surface area contributed by atoms with Crippen molar-refractivity contribution in [1.82, 2.24) is 0 Å². The molecule has 2 N–H and O–H groups in total. The molecule has 3 rings (SSSR count). The molecule has 0 fully saturated rings. The number of allylic oxidation sites excluding steroid dienone is 5. The Bertz CT molecular complexity index is 983. The van der Waals surface area contributed by atoms with E-state index in [-0.39, 0.29) is 11.9 Å². The van der Waals surface area contributed by atoms with Crippen LogP contribution in [0.15, 0.2) is 71.7 Å². The zero-order valence-corrected chi connectivity index (χ0v) is 18.0. The largest absolute Gasteiger partial charge is 0.484 e. The highest BCUT2D eigenvalue weighted by molar-refractivity contribution is 7.22. The van der Waals surface area contributed by atoms with E-state index in [0.717, 1.165) is 28.7 Å². The second-order valence-corrected chi connectivity index (χ2v) is 7.71. The van der Waals surface area contributed by atoms with Crippen molar-refractivity contribution in [3.8, 4) is 5.75 Å². The first kappa shape index (κ1) is 21.3. The molecule has 0 radical (unpaired) electrons. The lowest BCUT2D eigenvalue weighted by atomic mass is 10.1. The van der Waals surface area contributed by atoms with Gasteiger partial charge in [-0.1, -0.05) is 48.9 Å².